The van der Waals surface area contributed by atoms with E-state index in [4.69, 9.17) is 10.5 Å². The molecule has 3 N–H and O–H groups in total. The van der Waals surface area contributed by atoms with Gasteiger partial charge >= 0.3 is 0 Å². The van der Waals surface area contributed by atoms with E-state index in [0.717, 1.165) is 26.3 Å². The van der Waals surface area contributed by atoms with Gasteiger partial charge in [0.15, 0.2) is 0 Å². The summed E-state index contributed by atoms with van der Waals surface area (Å²) < 4.78 is 5.27. The number of nitrogens with zero attached hydrogens (tertiary/aromatic N) is 1. The van der Waals surface area contributed by atoms with Crippen LogP contribution in [0.4, 0.5) is 0 Å². The first-order chi connectivity index (χ1) is 7.24. The number of carbonyl (C=O) groups excluding carboxylic acids is 1. The number of ether oxygens (including phenoxy) is 1. The van der Waals surface area contributed by atoms with Crippen molar-refractivity contribution in [1.29, 1.82) is 0 Å². The molecule has 1 rings (SSSR count). The fourth-order valence-corrected chi connectivity index (χ4v) is 1.63. The van der Waals surface area contributed by atoms with Crippen molar-refractivity contribution >= 4 is 30.7 Å². The average molecular weight is 288 g/mol. The zero-order chi connectivity index (χ0) is 11.1. The predicted molar refractivity (Wildman–Crippen MR) is 73.0 cm³/mol. The first kappa shape index (κ1) is 19.3. The summed E-state index contributed by atoms with van der Waals surface area (Å²) >= 11 is 0. The van der Waals surface area contributed by atoms with Crippen LogP contribution in [0.3, 0.4) is 0 Å². The molecule has 104 valence electrons. The third kappa shape index (κ3) is 7.78. The van der Waals surface area contributed by atoms with Gasteiger partial charge in [-0.25, -0.2) is 0 Å². The lowest BCUT2D eigenvalue weighted by molar-refractivity contribution is -0.121. The highest BCUT2D eigenvalue weighted by molar-refractivity contribution is 5.85. The van der Waals surface area contributed by atoms with Crippen LogP contribution in [0, 0.1) is 0 Å². The van der Waals surface area contributed by atoms with Crippen molar-refractivity contribution in [3.05, 3.63) is 0 Å². The maximum atomic E-state index is 11.2. The molecule has 1 fully saturated rings. The van der Waals surface area contributed by atoms with Gasteiger partial charge in [-0.1, -0.05) is 0 Å². The van der Waals surface area contributed by atoms with Crippen LogP contribution in [-0.4, -0.2) is 56.2 Å². The Hall–Kier alpha value is -0.0700. The van der Waals surface area contributed by atoms with E-state index in [0.29, 0.717) is 25.6 Å². The van der Waals surface area contributed by atoms with Gasteiger partial charge in [0.2, 0.25) is 5.91 Å². The Kier molecular flexibility index (Phi) is 12.5. The number of amides is 1. The molecule has 1 heterocycles. The number of rotatable bonds is 5. The number of nitrogens with two attached hydrogens (primary N) is 1. The molecule has 1 unspecified atom stereocenters. The maximum Gasteiger partial charge on any atom is 0.221 e. The molecule has 0 aliphatic carbocycles. The molecule has 1 atom stereocenters. The van der Waals surface area contributed by atoms with Crippen molar-refractivity contribution in [1.82, 2.24) is 10.2 Å². The second kappa shape index (κ2) is 11.0. The SMILES string of the molecule is CC(CNC(=O)CCN)N1CCOCC1.Cl.Cl. The topological polar surface area (TPSA) is 67.6 Å². The van der Waals surface area contributed by atoms with E-state index in [1.807, 2.05) is 0 Å². The fourth-order valence-electron chi connectivity index (χ4n) is 1.63. The third-order valence-corrected chi connectivity index (χ3v) is 2.64. The minimum Gasteiger partial charge on any atom is -0.379 e. The zero-order valence-electron chi connectivity index (χ0n) is 10.2. The molecule has 17 heavy (non-hydrogen) atoms. The molecule has 0 aromatic carbocycles. The van der Waals surface area contributed by atoms with Gasteiger partial charge in [-0.3, -0.25) is 9.69 Å². The quantitative estimate of drug-likeness (QED) is 0.748. The van der Waals surface area contributed by atoms with Gasteiger partial charge in [0, 0.05) is 38.6 Å². The second-order valence-corrected chi connectivity index (χ2v) is 3.84. The molecule has 1 aliphatic heterocycles. The summed E-state index contributed by atoms with van der Waals surface area (Å²) in [6.45, 7) is 6.72. The number of morpholine rings is 1. The molecule has 0 bridgehead atoms. The number of halogens is 2. The molecule has 1 aliphatic rings. The monoisotopic (exact) mass is 287 g/mol. The molecule has 1 saturated heterocycles. The summed E-state index contributed by atoms with van der Waals surface area (Å²) in [6, 6.07) is 0.371. The molecule has 0 spiro atoms. The van der Waals surface area contributed by atoms with Gasteiger partial charge in [-0.15, -0.1) is 24.8 Å². The Labute approximate surface area is 115 Å². The Morgan fingerprint density at radius 3 is 2.53 bits per heavy atom. The van der Waals surface area contributed by atoms with E-state index >= 15 is 0 Å². The predicted octanol–water partition coefficient (Wildman–Crippen LogP) is 0.0157. The Morgan fingerprint density at radius 1 is 1.41 bits per heavy atom. The Balaban J connectivity index is 0. The van der Waals surface area contributed by atoms with Crippen molar-refractivity contribution in [2.24, 2.45) is 5.73 Å². The van der Waals surface area contributed by atoms with Gasteiger partial charge in [0.05, 0.1) is 13.2 Å². The standard InChI is InChI=1S/C10H21N3O2.2ClH/c1-9(8-12-10(14)2-3-11)13-4-6-15-7-5-13;;/h9H,2-8,11H2,1H3,(H,12,14);2*1H. The molecule has 0 aromatic heterocycles. The number of nitrogens with one attached hydrogen (secondary N) is 1. The molecule has 0 saturated carbocycles. The minimum atomic E-state index is 0. The van der Waals surface area contributed by atoms with Crippen LogP contribution in [0.15, 0.2) is 0 Å². The first-order valence-corrected chi connectivity index (χ1v) is 5.52. The van der Waals surface area contributed by atoms with Crippen molar-refractivity contribution < 1.29 is 9.53 Å². The van der Waals surface area contributed by atoms with E-state index in [2.05, 4.69) is 17.1 Å². The van der Waals surface area contributed by atoms with E-state index in [1.165, 1.54) is 0 Å². The smallest absolute Gasteiger partial charge is 0.221 e. The number of hydrogen-bond donors (Lipinski definition) is 2. The van der Waals surface area contributed by atoms with E-state index in [-0.39, 0.29) is 30.7 Å². The van der Waals surface area contributed by atoms with Crippen LogP contribution in [0.25, 0.3) is 0 Å². The van der Waals surface area contributed by atoms with Crippen LogP contribution in [0.1, 0.15) is 13.3 Å². The van der Waals surface area contributed by atoms with Crippen LogP contribution in [-0.2, 0) is 9.53 Å². The second-order valence-electron chi connectivity index (χ2n) is 3.84. The normalized spacial score (nSPS) is 17.5. The molecule has 5 nitrogen and oxygen atoms in total. The van der Waals surface area contributed by atoms with E-state index in [9.17, 15) is 4.79 Å². The molecular formula is C10H23Cl2N3O2. The summed E-state index contributed by atoms with van der Waals surface area (Å²) in [6.07, 6.45) is 0.413. The summed E-state index contributed by atoms with van der Waals surface area (Å²) in [5.41, 5.74) is 5.29. The molecule has 0 aromatic rings. The molecule has 1 amide bonds. The lowest BCUT2D eigenvalue weighted by Crippen LogP contribution is -2.47. The lowest BCUT2D eigenvalue weighted by Gasteiger charge is -2.32. The highest BCUT2D eigenvalue weighted by atomic mass is 35.5. The van der Waals surface area contributed by atoms with Gasteiger partial charge in [-0.05, 0) is 6.92 Å². The Morgan fingerprint density at radius 2 is 2.00 bits per heavy atom. The van der Waals surface area contributed by atoms with Crippen molar-refractivity contribution in [3.8, 4) is 0 Å². The minimum absolute atomic E-state index is 0. The van der Waals surface area contributed by atoms with Crippen LogP contribution < -0.4 is 11.1 Å². The van der Waals surface area contributed by atoms with Gasteiger partial charge in [-0.2, -0.15) is 0 Å². The highest BCUT2D eigenvalue weighted by Gasteiger charge is 2.16. The van der Waals surface area contributed by atoms with E-state index in [1.54, 1.807) is 0 Å². The van der Waals surface area contributed by atoms with Gasteiger partial charge in [0.1, 0.15) is 0 Å². The largest absolute Gasteiger partial charge is 0.379 e. The molecular weight excluding hydrogens is 265 g/mol. The summed E-state index contributed by atoms with van der Waals surface area (Å²) in [5.74, 6) is 0.0395. The summed E-state index contributed by atoms with van der Waals surface area (Å²) in [5, 5.41) is 2.88. The Bertz CT molecular complexity index is 202. The highest BCUT2D eigenvalue weighted by Crippen LogP contribution is 2.02. The van der Waals surface area contributed by atoms with Crippen LogP contribution >= 0.6 is 24.8 Å². The number of hydrogen-bond acceptors (Lipinski definition) is 4. The van der Waals surface area contributed by atoms with Gasteiger partial charge < -0.3 is 15.8 Å². The average Bonchev–Trinajstić information content (AvgIpc) is 2.27. The van der Waals surface area contributed by atoms with Gasteiger partial charge in [0.25, 0.3) is 0 Å². The maximum absolute atomic E-state index is 11.2. The molecule has 0 radical (unpaired) electrons. The third-order valence-electron chi connectivity index (χ3n) is 2.64. The van der Waals surface area contributed by atoms with E-state index < -0.39 is 0 Å². The van der Waals surface area contributed by atoms with Crippen LogP contribution in [0.5, 0.6) is 0 Å². The fraction of sp³-hybridized carbons (Fsp3) is 0.900. The lowest BCUT2D eigenvalue weighted by atomic mass is 10.2. The summed E-state index contributed by atoms with van der Waals surface area (Å²) in [7, 11) is 0. The number of carbonyl (C=O) groups is 1. The van der Waals surface area contributed by atoms with Crippen LogP contribution in [0.2, 0.25) is 0 Å². The zero-order valence-corrected chi connectivity index (χ0v) is 11.8. The summed E-state index contributed by atoms with van der Waals surface area (Å²) in [4.78, 5) is 13.5. The van der Waals surface area contributed by atoms with Crippen molar-refractivity contribution in [2.45, 2.75) is 19.4 Å². The first-order valence-electron chi connectivity index (χ1n) is 5.52. The van der Waals surface area contributed by atoms with Crippen molar-refractivity contribution in [2.75, 3.05) is 39.4 Å². The van der Waals surface area contributed by atoms with Crippen molar-refractivity contribution in [3.63, 3.8) is 0 Å². The molecule has 7 heteroatoms.